The summed E-state index contributed by atoms with van der Waals surface area (Å²) in [5.74, 6) is 0.450. The van der Waals surface area contributed by atoms with Crippen molar-refractivity contribution in [1.82, 2.24) is 0 Å². The molecule has 0 unspecified atom stereocenters. The lowest BCUT2D eigenvalue weighted by molar-refractivity contribution is -0.385. The fourth-order valence-electron chi connectivity index (χ4n) is 2.03. The van der Waals surface area contributed by atoms with Crippen LogP contribution in [0.5, 0.6) is 17.2 Å². The number of nitro groups is 1. The average Bonchev–Trinajstić information content (AvgIpc) is 2.53. The lowest BCUT2D eigenvalue weighted by Crippen LogP contribution is -2.10. The Morgan fingerprint density at radius 1 is 1.04 bits per heavy atom. The fraction of sp³-hybridized carbons (Fsp3) is 0.188. The van der Waals surface area contributed by atoms with Gasteiger partial charge in [-0.15, -0.1) is 0 Å². The Kier molecular flexibility index (Phi) is 4.80. The number of hydrogen-bond donors (Lipinski definition) is 0. The molecule has 0 saturated heterocycles. The van der Waals surface area contributed by atoms with Crippen LogP contribution in [0, 0.1) is 17.0 Å². The highest BCUT2D eigenvalue weighted by Crippen LogP contribution is 2.27. The Labute approximate surface area is 132 Å². The first-order valence-corrected chi connectivity index (χ1v) is 6.65. The van der Waals surface area contributed by atoms with Crippen LogP contribution < -0.4 is 14.2 Å². The molecule has 0 aliphatic heterocycles. The summed E-state index contributed by atoms with van der Waals surface area (Å²) in [5, 5.41) is 10.8. The lowest BCUT2D eigenvalue weighted by Gasteiger charge is -2.10. The molecule has 0 aliphatic rings. The third kappa shape index (κ3) is 3.57. The molecule has 0 radical (unpaired) electrons. The SMILES string of the molecule is COc1ccc(C(=O)Oc2ccc([N+](=O)[O-])c(C)c2)c(OC)c1. The van der Waals surface area contributed by atoms with Crippen molar-refractivity contribution in [2.24, 2.45) is 0 Å². The normalized spacial score (nSPS) is 10.0. The molecular formula is C16H15NO6. The predicted octanol–water partition coefficient (Wildman–Crippen LogP) is 3.14. The van der Waals surface area contributed by atoms with E-state index in [1.165, 1.54) is 38.5 Å². The van der Waals surface area contributed by atoms with Crippen molar-refractivity contribution >= 4 is 11.7 Å². The Hall–Kier alpha value is -3.09. The number of aryl methyl sites for hydroxylation is 1. The molecule has 0 atom stereocenters. The van der Waals surface area contributed by atoms with Crippen molar-refractivity contribution in [2.45, 2.75) is 6.92 Å². The van der Waals surface area contributed by atoms with Crippen LogP contribution in [0.15, 0.2) is 36.4 Å². The fourth-order valence-corrected chi connectivity index (χ4v) is 2.03. The van der Waals surface area contributed by atoms with E-state index in [4.69, 9.17) is 14.2 Å². The van der Waals surface area contributed by atoms with Gasteiger partial charge in [0.1, 0.15) is 22.8 Å². The van der Waals surface area contributed by atoms with E-state index in [0.717, 1.165) is 0 Å². The largest absolute Gasteiger partial charge is 0.497 e. The van der Waals surface area contributed by atoms with Crippen molar-refractivity contribution in [3.8, 4) is 17.2 Å². The minimum Gasteiger partial charge on any atom is -0.497 e. The third-order valence-electron chi connectivity index (χ3n) is 3.20. The van der Waals surface area contributed by atoms with Gasteiger partial charge < -0.3 is 14.2 Å². The third-order valence-corrected chi connectivity index (χ3v) is 3.20. The highest BCUT2D eigenvalue weighted by molar-refractivity contribution is 5.94. The van der Waals surface area contributed by atoms with Crippen LogP contribution >= 0.6 is 0 Å². The van der Waals surface area contributed by atoms with Crippen LogP contribution in [0.4, 0.5) is 5.69 Å². The molecule has 0 fully saturated rings. The van der Waals surface area contributed by atoms with Crippen molar-refractivity contribution in [3.05, 3.63) is 57.6 Å². The molecule has 0 N–H and O–H groups in total. The number of carbonyl (C=O) groups is 1. The van der Waals surface area contributed by atoms with Crippen LogP contribution in [0.1, 0.15) is 15.9 Å². The van der Waals surface area contributed by atoms with Crippen LogP contribution in [0.25, 0.3) is 0 Å². The molecule has 7 heteroatoms. The monoisotopic (exact) mass is 317 g/mol. The Morgan fingerprint density at radius 2 is 1.74 bits per heavy atom. The van der Waals surface area contributed by atoms with Gasteiger partial charge in [0.25, 0.3) is 5.69 Å². The van der Waals surface area contributed by atoms with E-state index in [9.17, 15) is 14.9 Å². The van der Waals surface area contributed by atoms with Gasteiger partial charge in [-0.25, -0.2) is 4.79 Å². The molecular weight excluding hydrogens is 302 g/mol. The number of rotatable bonds is 5. The molecule has 0 aliphatic carbocycles. The summed E-state index contributed by atoms with van der Waals surface area (Å²) in [6.45, 7) is 1.57. The first-order valence-electron chi connectivity index (χ1n) is 6.65. The highest BCUT2D eigenvalue weighted by atomic mass is 16.6. The Balaban J connectivity index is 2.25. The molecule has 0 bridgehead atoms. The lowest BCUT2D eigenvalue weighted by atomic mass is 10.2. The summed E-state index contributed by atoms with van der Waals surface area (Å²) in [5.41, 5.74) is 0.595. The van der Waals surface area contributed by atoms with Crippen molar-refractivity contribution < 1.29 is 23.9 Å². The molecule has 120 valence electrons. The highest BCUT2D eigenvalue weighted by Gasteiger charge is 2.17. The topological polar surface area (TPSA) is 87.9 Å². The zero-order valence-corrected chi connectivity index (χ0v) is 12.9. The second-order valence-corrected chi connectivity index (χ2v) is 4.66. The van der Waals surface area contributed by atoms with Gasteiger partial charge in [-0.3, -0.25) is 10.1 Å². The maximum atomic E-state index is 12.2. The summed E-state index contributed by atoms with van der Waals surface area (Å²) in [4.78, 5) is 22.5. The molecule has 0 amide bonds. The van der Waals surface area contributed by atoms with Gasteiger partial charge in [0.05, 0.1) is 19.1 Å². The van der Waals surface area contributed by atoms with Crippen molar-refractivity contribution in [3.63, 3.8) is 0 Å². The second kappa shape index (κ2) is 6.78. The Bertz CT molecular complexity index is 756. The summed E-state index contributed by atoms with van der Waals surface area (Å²) in [7, 11) is 2.94. The summed E-state index contributed by atoms with van der Waals surface area (Å²) >= 11 is 0. The minimum absolute atomic E-state index is 0.0353. The van der Waals surface area contributed by atoms with Crippen LogP contribution in [-0.4, -0.2) is 25.1 Å². The summed E-state index contributed by atoms with van der Waals surface area (Å²) in [6, 6.07) is 8.81. The quantitative estimate of drug-likeness (QED) is 0.364. The van der Waals surface area contributed by atoms with Gasteiger partial charge in [0, 0.05) is 17.7 Å². The molecule has 0 spiro atoms. The number of carbonyl (C=O) groups excluding carboxylic acids is 1. The van der Waals surface area contributed by atoms with Crippen LogP contribution in [0.2, 0.25) is 0 Å². The molecule has 2 aromatic carbocycles. The molecule has 23 heavy (non-hydrogen) atoms. The number of nitrogens with zero attached hydrogens (tertiary/aromatic N) is 1. The number of hydrogen-bond acceptors (Lipinski definition) is 6. The molecule has 0 aromatic heterocycles. The number of benzene rings is 2. The molecule has 7 nitrogen and oxygen atoms in total. The second-order valence-electron chi connectivity index (χ2n) is 4.66. The number of methoxy groups -OCH3 is 2. The van der Waals surface area contributed by atoms with E-state index >= 15 is 0 Å². The zero-order valence-electron chi connectivity index (χ0n) is 12.9. The van der Waals surface area contributed by atoms with E-state index in [0.29, 0.717) is 17.1 Å². The average molecular weight is 317 g/mol. The van der Waals surface area contributed by atoms with Gasteiger partial charge in [0.15, 0.2) is 0 Å². The van der Waals surface area contributed by atoms with Gasteiger partial charge >= 0.3 is 5.97 Å². The Morgan fingerprint density at radius 3 is 2.30 bits per heavy atom. The van der Waals surface area contributed by atoms with Crippen molar-refractivity contribution in [2.75, 3.05) is 14.2 Å². The van der Waals surface area contributed by atoms with Crippen LogP contribution in [-0.2, 0) is 0 Å². The number of ether oxygens (including phenoxy) is 3. The van der Waals surface area contributed by atoms with Gasteiger partial charge in [-0.05, 0) is 31.2 Å². The van der Waals surface area contributed by atoms with Crippen LogP contribution in [0.3, 0.4) is 0 Å². The molecule has 0 saturated carbocycles. The summed E-state index contributed by atoms with van der Waals surface area (Å²) < 4.78 is 15.5. The maximum Gasteiger partial charge on any atom is 0.347 e. The standard InChI is InChI=1S/C16H15NO6/c1-10-8-12(5-7-14(10)17(19)20)23-16(18)13-6-4-11(21-2)9-15(13)22-3/h4-9H,1-3H3. The van der Waals surface area contributed by atoms with E-state index in [-0.39, 0.29) is 17.0 Å². The maximum absolute atomic E-state index is 12.2. The molecule has 0 heterocycles. The number of nitro benzene ring substituents is 1. The molecule has 2 aromatic rings. The summed E-state index contributed by atoms with van der Waals surface area (Å²) in [6.07, 6.45) is 0. The van der Waals surface area contributed by atoms with E-state index in [1.807, 2.05) is 0 Å². The van der Waals surface area contributed by atoms with Crippen molar-refractivity contribution in [1.29, 1.82) is 0 Å². The first kappa shape index (κ1) is 16.3. The molecule has 2 rings (SSSR count). The van der Waals surface area contributed by atoms with Gasteiger partial charge in [0.2, 0.25) is 0 Å². The smallest absolute Gasteiger partial charge is 0.347 e. The first-order chi connectivity index (χ1) is 11.0. The number of esters is 1. The predicted molar refractivity (Wildman–Crippen MR) is 82.3 cm³/mol. The van der Waals surface area contributed by atoms with E-state index in [2.05, 4.69) is 0 Å². The van der Waals surface area contributed by atoms with Gasteiger partial charge in [-0.1, -0.05) is 0 Å². The zero-order chi connectivity index (χ0) is 17.0. The van der Waals surface area contributed by atoms with E-state index in [1.54, 1.807) is 19.1 Å². The van der Waals surface area contributed by atoms with E-state index < -0.39 is 10.9 Å². The van der Waals surface area contributed by atoms with Gasteiger partial charge in [-0.2, -0.15) is 0 Å². The minimum atomic E-state index is -0.627.